The van der Waals surface area contributed by atoms with Crippen LogP contribution in [-0.4, -0.2) is 39.2 Å². The van der Waals surface area contributed by atoms with Crippen LogP contribution in [0.3, 0.4) is 0 Å². The Bertz CT molecular complexity index is 928. The molecule has 2 heterocycles. The van der Waals surface area contributed by atoms with Crippen molar-refractivity contribution < 1.29 is 4.79 Å². The number of nitrogens with one attached hydrogen (secondary N) is 2. The molecular weight excluding hydrogens is 340 g/mol. The molecule has 7 nitrogen and oxygen atoms in total. The number of tetrazole rings is 1. The molecule has 1 fully saturated rings. The molecule has 2 N–H and O–H groups in total. The average Bonchev–Trinajstić information content (AvgIpc) is 3.34. The fourth-order valence-electron chi connectivity index (χ4n) is 3.35. The summed E-state index contributed by atoms with van der Waals surface area (Å²) < 4.78 is 0. The second-order valence-electron chi connectivity index (χ2n) is 6.90. The van der Waals surface area contributed by atoms with Crippen molar-refractivity contribution in [1.82, 2.24) is 25.5 Å². The second kappa shape index (κ2) is 7.67. The molecule has 1 atom stereocenters. The zero-order valence-corrected chi connectivity index (χ0v) is 15.2. The topological polar surface area (TPSA) is 84.7 Å². The lowest BCUT2D eigenvalue weighted by molar-refractivity contribution is 0.102. The summed E-state index contributed by atoms with van der Waals surface area (Å²) in [5.74, 6) is 1.09. The van der Waals surface area contributed by atoms with Gasteiger partial charge in [-0.05, 0) is 66.9 Å². The highest BCUT2D eigenvalue weighted by atomic mass is 16.1. The third-order valence-electron chi connectivity index (χ3n) is 4.79. The largest absolute Gasteiger partial charge is 0.322 e. The summed E-state index contributed by atoms with van der Waals surface area (Å²) in [4.78, 5) is 14.0. The van der Waals surface area contributed by atoms with Crippen molar-refractivity contribution in [1.29, 1.82) is 0 Å². The summed E-state index contributed by atoms with van der Waals surface area (Å²) in [6.45, 7) is 2.19. The quantitative estimate of drug-likeness (QED) is 0.727. The number of hydrogen-bond donors (Lipinski definition) is 2. The predicted molar refractivity (Wildman–Crippen MR) is 103 cm³/mol. The van der Waals surface area contributed by atoms with Crippen LogP contribution < -0.4 is 10.6 Å². The molecule has 27 heavy (non-hydrogen) atoms. The third kappa shape index (κ3) is 4.20. The number of aromatic nitrogens is 4. The van der Waals surface area contributed by atoms with Gasteiger partial charge in [-0.1, -0.05) is 24.3 Å². The number of anilines is 1. The maximum absolute atomic E-state index is 12.6. The van der Waals surface area contributed by atoms with Crippen LogP contribution in [0.4, 0.5) is 5.69 Å². The number of amides is 1. The van der Waals surface area contributed by atoms with Crippen LogP contribution in [0.2, 0.25) is 0 Å². The lowest BCUT2D eigenvalue weighted by Crippen LogP contribution is -2.13. The Morgan fingerprint density at radius 3 is 2.81 bits per heavy atom. The number of carbonyl (C=O) groups is 1. The summed E-state index contributed by atoms with van der Waals surface area (Å²) in [6, 6.07) is 15.3. The molecule has 0 aliphatic carbocycles. The number of hydrogen-bond acceptors (Lipinski definition) is 5. The Labute approximate surface area is 157 Å². The molecule has 4 rings (SSSR count). The van der Waals surface area contributed by atoms with Gasteiger partial charge in [0.05, 0.1) is 7.05 Å². The van der Waals surface area contributed by atoms with Crippen molar-refractivity contribution >= 4 is 11.6 Å². The predicted octanol–water partition coefficient (Wildman–Crippen LogP) is 2.28. The Balaban J connectivity index is 1.42. The van der Waals surface area contributed by atoms with Gasteiger partial charge < -0.3 is 10.6 Å². The van der Waals surface area contributed by atoms with Crippen LogP contribution in [-0.2, 0) is 13.5 Å². The number of benzene rings is 2. The monoisotopic (exact) mass is 362 g/mol. The minimum absolute atomic E-state index is 0.131. The van der Waals surface area contributed by atoms with E-state index in [0.29, 0.717) is 23.0 Å². The Kier molecular flexibility index (Phi) is 4.93. The van der Waals surface area contributed by atoms with E-state index in [0.717, 1.165) is 25.1 Å². The number of carbonyl (C=O) groups excluding carboxylic acids is 1. The van der Waals surface area contributed by atoms with E-state index in [9.17, 15) is 4.79 Å². The van der Waals surface area contributed by atoms with Gasteiger partial charge >= 0.3 is 0 Å². The molecule has 1 aliphatic heterocycles. The van der Waals surface area contributed by atoms with Gasteiger partial charge in [0, 0.05) is 16.8 Å². The number of rotatable bonds is 5. The molecule has 1 saturated heterocycles. The van der Waals surface area contributed by atoms with Crippen LogP contribution in [0.25, 0.3) is 11.4 Å². The van der Waals surface area contributed by atoms with Crippen molar-refractivity contribution in [3.8, 4) is 11.4 Å². The molecule has 0 spiro atoms. The summed E-state index contributed by atoms with van der Waals surface area (Å²) in [5.41, 5.74) is 3.43. The first-order valence-corrected chi connectivity index (χ1v) is 9.13. The fourth-order valence-corrected chi connectivity index (χ4v) is 3.35. The van der Waals surface area contributed by atoms with Gasteiger partial charge in [-0.15, -0.1) is 10.2 Å². The summed E-state index contributed by atoms with van der Waals surface area (Å²) >= 11 is 0. The lowest BCUT2D eigenvalue weighted by Gasteiger charge is -2.10. The van der Waals surface area contributed by atoms with E-state index < -0.39 is 0 Å². The van der Waals surface area contributed by atoms with E-state index in [1.165, 1.54) is 16.8 Å². The highest BCUT2D eigenvalue weighted by Gasteiger charge is 2.15. The van der Waals surface area contributed by atoms with Crippen molar-refractivity contribution in [3.05, 3.63) is 59.7 Å². The van der Waals surface area contributed by atoms with Crippen molar-refractivity contribution in [2.75, 3.05) is 18.4 Å². The third-order valence-corrected chi connectivity index (χ3v) is 4.79. The molecule has 7 heteroatoms. The van der Waals surface area contributed by atoms with Gasteiger partial charge in [0.25, 0.3) is 5.91 Å². The normalized spacial score (nSPS) is 16.4. The zero-order chi connectivity index (χ0) is 18.6. The highest BCUT2D eigenvalue weighted by Crippen LogP contribution is 2.20. The van der Waals surface area contributed by atoms with Crippen molar-refractivity contribution in [2.24, 2.45) is 13.0 Å². The van der Waals surface area contributed by atoms with Gasteiger partial charge in [-0.25, -0.2) is 0 Å². The first kappa shape index (κ1) is 17.4. The summed E-state index contributed by atoms with van der Waals surface area (Å²) in [6.07, 6.45) is 2.28. The molecule has 1 aliphatic rings. The van der Waals surface area contributed by atoms with Gasteiger partial charge in [0.1, 0.15) is 0 Å². The Morgan fingerprint density at radius 2 is 2.11 bits per heavy atom. The van der Waals surface area contributed by atoms with Gasteiger partial charge in [0.15, 0.2) is 0 Å². The molecule has 1 amide bonds. The van der Waals surface area contributed by atoms with Gasteiger partial charge in [0.2, 0.25) is 5.82 Å². The van der Waals surface area contributed by atoms with Gasteiger partial charge in [-0.2, -0.15) is 4.80 Å². The first-order valence-electron chi connectivity index (χ1n) is 9.13. The Morgan fingerprint density at radius 1 is 1.26 bits per heavy atom. The number of aryl methyl sites for hydroxylation is 1. The van der Waals surface area contributed by atoms with E-state index in [2.05, 4.69) is 26.0 Å². The molecule has 2 aromatic carbocycles. The molecule has 0 radical (unpaired) electrons. The van der Waals surface area contributed by atoms with Gasteiger partial charge in [-0.3, -0.25) is 4.79 Å². The van der Waals surface area contributed by atoms with Crippen LogP contribution >= 0.6 is 0 Å². The zero-order valence-electron chi connectivity index (χ0n) is 15.2. The molecule has 138 valence electrons. The SMILES string of the molecule is Cn1nnc(-c2cccc(NC(=O)c3ccc(CC4CCNC4)cc3)c2)n1. The molecule has 1 unspecified atom stereocenters. The minimum Gasteiger partial charge on any atom is -0.322 e. The standard InChI is InChI=1S/C20H22N6O/c1-26-24-19(23-25-26)17-3-2-4-18(12-17)22-20(27)16-7-5-14(6-8-16)11-15-9-10-21-13-15/h2-8,12,15,21H,9-11,13H2,1H3,(H,22,27). The maximum Gasteiger partial charge on any atom is 0.255 e. The molecule has 3 aromatic rings. The van der Waals surface area contributed by atoms with E-state index in [1.807, 2.05) is 48.5 Å². The lowest BCUT2D eigenvalue weighted by atomic mass is 9.98. The Hall–Kier alpha value is -3.06. The number of nitrogens with zero attached hydrogens (tertiary/aromatic N) is 4. The minimum atomic E-state index is -0.131. The summed E-state index contributed by atoms with van der Waals surface area (Å²) in [7, 11) is 1.72. The van der Waals surface area contributed by atoms with E-state index in [-0.39, 0.29) is 5.91 Å². The van der Waals surface area contributed by atoms with Crippen molar-refractivity contribution in [2.45, 2.75) is 12.8 Å². The second-order valence-corrected chi connectivity index (χ2v) is 6.90. The first-order chi connectivity index (χ1) is 13.2. The molecule has 0 saturated carbocycles. The van der Waals surface area contributed by atoms with Crippen LogP contribution in [0.5, 0.6) is 0 Å². The van der Waals surface area contributed by atoms with Crippen LogP contribution in [0.15, 0.2) is 48.5 Å². The van der Waals surface area contributed by atoms with E-state index in [1.54, 1.807) is 7.05 Å². The molecule has 1 aromatic heterocycles. The average molecular weight is 362 g/mol. The smallest absolute Gasteiger partial charge is 0.255 e. The molecule has 0 bridgehead atoms. The molecular formula is C20H22N6O. The summed E-state index contributed by atoms with van der Waals surface area (Å²) in [5, 5.41) is 18.4. The van der Waals surface area contributed by atoms with Crippen LogP contribution in [0, 0.1) is 5.92 Å². The van der Waals surface area contributed by atoms with Crippen LogP contribution in [0.1, 0.15) is 22.3 Å². The van der Waals surface area contributed by atoms with Crippen molar-refractivity contribution in [3.63, 3.8) is 0 Å². The van der Waals surface area contributed by atoms with E-state index in [4.69, 9.17) is 0 Å². The maximum atomic E-state index is 12.6. The highest BCUT2D eigenvalue weighted by molar-refractivity contribution is 6.04. The fraction of sp³-hybridized carbons (Fsp3) is 0.300. The van der Waals surface area contributed by atoms with E-state index >= 15 is 0 Å².